The van der Waals surface area contributed by atoms with Gasteiger partial charge in [-0.25, -0.2) is 5.43 Å². The van der Waals surface area contributed by atoms with Crippen molar-refractivity contribution in [2.24, 2.45) is 10.8 Å². The van der Waals surface area contributed by atoms with E-state index in [9.17, 15) is 20.2 Å². The summed E-state index contributed by atoms with van der Waals surface area (Å²) in [5.41, 5.74) is 5.22. The summed E-state index contributed by atoms with van der Waals surface area (Å²) in [6.45, 7) is 0. The van der Waals surface area contributed by atoms with Crippen LogP contribution in [0.3, 0.4) is 0 Å². The molecule has 1 aromatic carbocycles. The van der Waals surface area contributed by atoms with E-state index in [1.807, 2.05) is 5.43 Å². The number of benzene rings is 1. The minimum absolute atomic E-state index is 0.0913. The van der Waals surface area contributed by atoms with Gasteiger partial charge in [-0.2, -0.15) is 5.10 Å². The van der Waals surface area contributed by atoms with Crippen molar-refractivity contribution >= 4 is 35.1 Å². The van der Waals surface area contributed by atoms with Gasteiger partial charge in [-0.3, -0.25) is 25.6 Å². The van der Waals surface area contributed by atoms with E-state index in [1.54, 1.807) is 0 Å². The van der Waals surface area contributed by atoms with Crippen LogP contribution >= 0.6 is 11.6 Å². The molecule has 100 valence electrons. The highest BCUT2D eigenvalue weighted by molar-refractivity contribution is 6.33. The molecule has 19 heavy (non-hydrogen) atoms. The Kier molecular flexibility index (Phi) is 4.32. The van der Waals surface area contributed by atoms with E-state index in [2.05, 4.69) is 5.10 Å². The van der Waals surface area contributed by atoms with Gasteiger partial charge in [-0.1, -0.05) is 11.6 Å². The number of guanidine groups is 1. The summed E-state index contributed by atoms with van der Waals surface area (Å²) in [5, 5.41) is 31.8. The van der Waals surface area contributed by atoms with Gasteiger partial charge < -0.3 is 5.73 Å². The first-order chi connectivity index (χ1) is 8.84. The fourth-order valence-corrected chi connectivity index (χ4v) is 1.40. The van der Waals surface area contributed by atoms with E-state index in [4.69, 9.17) is 22.7 Å². The quantitative estimate of drug-likeness (QED) is 0.323. The van der Waals surface area contributed by atoms with Gasteiger partial charge in [0.2, 0.25) is 5.96 Å². The Balaban J connectivity index is 3.39. The van der Waals surface area contributed by atoms with Crippen molar-refractivity contribution in [2.75, 3.05) is 0 Å². The molecule has 0 heterocycles. The van der Waals surface area contributed by atoms with Gasteiger partial charge in [0.15, 0.2) is 0 Å². The number of hydrogen-bond donors (Lipinski definition) is 3. The molecule has 0 aromatic heterocycles. The normalized spacial score (nSPS) is 10.4. The first-order valence-corrected chi connectivity index (χ1v) is 4.96. The first-order valence-electron chi connectivity index (χ1n) is 4.59. The van der Waals surface area contributed by atoms with E-state index in [0.717, 1.165) is 18.3 Å². The Morgan fingerprint density at radius 3 is 2.53 bits per heavy atom. The van der Waals surface area contributed by atoms with Crippen LogP contribution in [0.2, 0.25) is 5.02 Å². The summed E-state index contributed by atoms with van der Waals surface area (Å²) in [6, 6.07) is 2.07. The number of nitrogens with zero attached hydrogens (tertiary/aromatic N) is 3. The second-order valence-electron chi connectivity index (χ2n) is 3.13. The average molecular weight is 287 g/mol. The van der Waals surface area contributed by atoms with Gasteiger partial charge >= 0.3 is 11.4 Å². The van der Waals surface area contributed by atoms with Crippen LogP contribution in [0.4, 0.5) is 11.4 Å². The largest absolute Gasteiger partial charge is 0.369 e. The Bertz CT molecular complexity index is 587. The predicted octanol–water partition coefficient (Wildman–Crippen LogP) is 0.973. The summed E-state index contributed by atoms with van der Waals surface area (Å²) in [4.78, 5) is 19.8. The molecule has 0 aliphatic carbocycles. The lowest BCUT2D eigenvalue weighted by molar-refractivity contribution is -0.422. The number of halogens is 1. The van der Waals surface area contributed by atoms with Gasteiger partial charge in [0, 0.05) is 6.07 Å². The molecular weight excluding hydrogens is 280 g/mol. The summed E-state index contributed by atoms with van der Waals surface area (Å²) in [5.74, 6) is -0.500. The maximum atomic E-state index is 10.9. The van der Waals surface area contributed by atoms with E-state index in [-0.39, 0.29) is 10.6 Å². The lowest BCUT2D eigenvalue weighted by atomic mass is 10.1. The van der Waals surface area contributed by atoms with Gasteiger partial charge in [-0.05, 0) is 6.07 Å². The molecule has 11 heteroatoms. The highest BCUT2D eigenvalue weighted by Gasteiger charge is 2.29. The van der Waals surface area contributed by atoms with Crippen LogP contribution in [0.15, 0.2) is 17.2 Å². The Labute approximate surface area is 110 Å². The predicted molar refractivity (Wildman–Crippen MR) is 67.4 cm³/mol. The Morgan fingerprint density at radius 1 is 1.42 bits per heavy atom. The van der Waals surface area contributed by atoms with Gasteiger partial charge in [0.25, 0.3) is 0 Å². The molecule has 0 amide bonds. The SMILES string of the molecule is N=C(N)N/N=C/c1c(Cl)ccc([N+](=O)[O-])c1[N+](=O)[O-]. The van der Waals surface area contributed by atoms with E-state index in [0.29, 0.717) is 0 Å². The van der Waals surface area contributed by atoms with Crippen LogP contribution in [0, 0.1) is 25.6 Å². The van der Waals surface area contributed by atoms with Crippen molar-refractivity contribution in [1.29, 1.82) is 5.41 Å². The molecule has 0 fully saturated rings. The molecular formula is C8H7ClN6O4. The number of hydrazone groups is 1. The molecule has 0 aliphatic heterocycles. The zero-order valence-electron chi connectivity index (χ0n) is 9.16. The molecule has 1 rings (SSSR count). The number of rotatable bonds is 4. The third kappa shape index (κ3) is 3.35. The van der Waals surface area contributed by atoms with Gasteiger partial charge in [-0.15, -0.1) is 0 Å². The number of nitro groups is 2. The zero-order valence-corrected chi connectivity index (χ0v) is 9.92. The maximum Gasteiger partial charge on any atom is 0.356 e. The van der Waals surface area contributed by atoms with Crippen LogP contribution in [0.5, 0.6) is 0 Å². The summed E-state index contributed by atoms with van der Waals surface area (Å²) in [6.07, 6.45) is 0.884. The summed E-state index contributed by atoms with van der Waals surface area (Å²) < 4.78 is 0. The third-order valence-electron chi connectivity index (χ3n) is 1.90. The van der Waals surface area contributed by atoms with Crippen molar-refractivity contribution < 1.29 is 9.85 Å². The number of hydrogen-bond acceptors (Lipinski definition) is 6. The highest BCUT2D eigenvalue weighted by atomic mass is 35.5. The maximum absolute atomic E-state index is 10.9. The molecule has 0 atom stereocenters. The zero-order chi connectivity index (χ0) is 14.6. The molecule has 0 radical (unpaired) electrons. The van der Waals surface area contributed by atoms with E-state index < -0.39 is 27.2 Å². The number of nitrogens with one attached hydrogen (secondary N) is 2. The monoisotopic (exact) mass is 286 g/mol. The Hall–Kier alpha value is -2.75. The van der Waals surface area contributed by atoms with Gasteiger partial charge in [0.1, 0.15) is 0 Å². The molecule has 0 spiro atoms. The Morgan fingerprint density at radius 2 is 2.05 bits per heavy atom. The first kappa shape index (κ1) is 14.3. The summed E-state index contributed by atoms with van der Waals surface area (Å²) in [7, 11) is 0. The number of nitro benzene ring substituents is 2. The van der Waals surface area contributed by atoms with Crippen LogP contribution in [0.1, 0.15) is 5.56 Å². The van der Waals surface area contributed by atoms with Crippen molar-refractivity contribution in [3.05, 3.63) is 42.9 Å². The second kappa shape index (κ2) is 5.73. The van der Waals surface area contributed by atoms with Crippen molar-refractivity contribution in [2.45, 2.75) is 0 Å². The van der Waals surface area contributed by atoms with Gasteiger partial charge in [0.05, 0.1) is 26.6 Å². The standard InChI is InChI=1S/C8H7ClN6O4/c9-5-1-2-6(14(16)17)7(15(18)19)4(5)3-12-13-8(10)11/h1-3H,(H4,10,11,13)/b12-3+. The van der Waals surface area contributed by atoms with E-state index >= 15 is 0 Å². The minimum Gasteiger partial charge on any atom is -0.369 e. The molecule has 0 unspecified atom stereocenters. The van der Waals surface area contributed by atoms with Crippen LogP contribution in [0.25, 0.3) is 0 Å². The fourth-order valence-electron chi connectivity index (χ4n) is 1.20. The third-order valence-corrected chi connectivity index (χ3v) is 2.23. The van der Waals surface area contributed by atoms with Crippen LogP contribution < -0.4 is 11.2 Å². The molecule has 0 bridgehead atoms. The van der Waals surface area contributed by atoms with Crippen LogP contribution in [-0.2, 0) is 0 Å². The van der Waals surface area contributed by atoms with E-state index in [1.165, 1.54) is 0 Å². The van der Waals surface area contributed by atoms with Crippen molar-refractivity contribution in [3.63, 3.8) is 0 Å². The molecule has 1 aromatic rings. The molecule has 0 saturated carbocycles. The van der Waals surface area contributed by atoms with Crippen LogP contribution in [-0.4, -0.2) is 22.0 Å². The van der Waals surface area contributed by atoms with Crippen molar-refractivity contribution in [3.8, 4) is 0 Å². The second-order valence-corrected chi connectivity index (χ2v) is 3.53. The number of nitrogens with two attached hydrogens (primary N) is 1. The topological polar surface area (TPSA) is 161 Å². The lowest BCUT2D eigenvalue weighted by Gasteiger charge is -2.01. The molecule has 10 nitrogen and oxygen atoms in total. The smallest absolute Gasteiger partial charge is 0.356 e. The van der Waals surface area contributed by atoms with Crippen molar-refractivity contribution in [1.82, 2.24) is 5.43 Å². The molecule has 0 aliphatic rings. The summed E-state index contributed by atoms with van der Waals surface area (Å²) >= 11 is 5.73. The highest BCUT2D eigenvalue weighted by Crippen LogP contribution is 2.34. The fraction of sp³-hybridized carbons (Fsp3) is 0. The molecule has 0 saturated heterocycles. The molecule has 4 N–H and O–H groups in total. The minimum atomic E-state index is -0.931. The average Bonchev–Trinajstić information content (AvgIpc) is 2.29. The lowest BCUT2D eigenvalue weighted by Crippen LogP contribution is -2.25.